The van der Waals surface area contributed by atoms with Gasteiger partial charge in [-0.15, -0.1) is 0 Å². The smallest absolute Gasteiger partial charge is 0.148 e. The van der Waals surface area contributed by atoms with Crippen LogP contribution in [0.4, 0.5) is 0 Å². The Morgan fingerprint density at radius 2 is 2.11 bits per heavy atom. The van der Waals surface area contributed by atoms with Crippen LogP contribution in [0, 0.1) is 6.92 Å². The molecule has 3 nitrogen and oxygen atoms in total. The molecule has 0 amide bonds. The maximum absolute atomic E-state index is 11.6. The Bertz CT molecular complexity index is 466. The Morgan fingerprint density at radius 3 is 2.67 bits per heavy atom. The molecule has 1 aromatic carbocycles. The highest BCUT2D eigenvalue weighted by Crippen LogP contribution is 2.30. The zero-order valence-corrected chi connectivity index (χ0v) is 11.6. The third kappa shape index (κ3) is 2.56. The predicted octanol–water partition coefficient (Wildman–Crippen LogP) is 2.56. The fraction of sp³-hybridized carbons (Fsp3) is 0.533. The summed E-state index contributed by atoms with van der Waals surface area (Å²) in [6.07, 6.45) is 0.640. The lowest BCUT2D eigenvalue weighted by Gasteiger charge is -2.31. The molecule has 0 aliphatic carbocycles. The molecule has 1 aliphatic rings. The zero-order chi connectivity index (χ0) is 13.3. The number of benzene rings is 1. The van der Waals surface area contributed by atoms with Crippen LogP contribution in [0.2, 0.25) is 0 Å². The first-order valence-corrected chi connectivity index (χ1v) is 6.32. The number of aryl methyl sites for hydroxylation is 1. The summed E-state index contributed by atoms with van der Waals surface area (Å²) in [6, 6.07) is 6.18. The van der Waals surface area contributed by atoms with E-state index in [2.05, 4.69) is 31.7 Å². The normalized spacial score (nSPS) is 19.2. The predicted molar refractivity (Wildman–Crippen MR) is 71.8 cm³/mol. The highest BCUT2D eigenvalue weighted by Gasteiger charge is 2.37. The van der Waals surface area contributed by atoms with Crippen molar-refractivity contribution in [2.24, 2.45) is 0 Å². The van der Waals surface area contributed by atoms with Gasteiger partial charge in [0.25, 0.3) is 0 Å². The number of methoxy groups -OCH3 is 1. The fourth-order valence-corrected chi connectivity index (χ4v) is 2.58. The van der Waals surface area contributed by atoms with Crippen LogP contribution in [-0.4, -0.2) is 29.9 Å². The molecular weight excluding hydrogens is 226 g/mol. The summed E-state index contributed by atoms with van der Waals surface area (Å²) in [7, 11) is 1.69. The van der Waals surface area contributed by atoms with Crippen molar-refractivity contribution in [3.8, 4) is 5.75 Å². The fourth-order valence-electron chi connectivity index (χ4n) is 2.58. The number of likely N-dealkylation sites (tertiary alicyclic amines) is 1. The van der Waals surface area contributed by atoms with E-state index in [0.29, 0.717) is 18.7 Å². The molecule has 1 aromatic rings. The molecule has 1 saturated heterocycles. The molecule has 18 heavy (non-hydrogen) atoms. The Labute approximate surface area is 109 Å². The molecule has 1 aliphatic heterocycles. The van der Waals surface area contributed by atoms with Gasteiger partial charge in [0.05, 0.1) is 13.7 Å². The number of carbonyl (C=O) groups is 1. The van der Waals surface area contributed by atoms with Crippen molar-refractivity contribution in [1.29, 1.82) is 0 Å². The molecule has 0 N–H and O–H groups in total. The van der Waals surface area contributed by atoms with Gasteiger partial charge in [-0.05, 0) is 26.8 Å². The van der Waals surface area contributed by atoms with E-state index < -0.39 is 0 Å². The minimum atomic E-state index is -0.0498. The van der Waals surface area contributed by atoms with Gasteiger partial charge in [0.15, 0.2) is 0 Å². The van der Waals surface area contributed by atoms with Gasteiger partial charge in [-0.1, -0.05) is 17.7 Å². The van der Waals surface area contributed by atoms with Crippen molar-refractivity contribution < 1.29 is 9.53 Å². The lowest BCUT2D eigenvalue weighted by molar-refractivity contribution is -0.117. The highest BCUT2D eigenvalue weighted by atomic mass is 16.5. The summed E-state index contributed by atoms with van der Waals surface area (Å²) >= 11 is 0. The maximum Gasteiger partial charge on any atom is 0.148 e. The summed E-state index contributed by atoms with van der Waals surface area (Å²) in [5, 5.41) is 0. The van der Waals surface area contributed by atoms with Gasteiger partial charge >= 0.3 is 0 Å². The second-order valence-electron chi connectivity index (χ2n) is 5.70. The van der Waals surface area contributed by atoms with E-state index in [1.165, 1.54) is 5.56 Å². The molecule has 1 heterocycles. The molecule has 0 radical (unpaired) electrons. The van der Waals surface area contributed by atoms with E-state index in [-0.39, 0.29) is 5.54 Å². The molecule has 0 saturated carbocycles. The molecule has 3 heteroatoms. The minimum absolute atomic E-state index is 0.0498. The highest BCUT2D eigenvalue weighted by molar-refractivity contribution is 5.84. The standard InChI is InChI=1S/C15H21NO2/c1-11-5-6-14(18-4)12(7-11)9-16-10-13(17)8-15(16,2)3/h5-7H,8-10H2,1-4H3. The Balaban J connectivity index is 2.24. The van der Waals surface area contributed by atoms with Crippen molar-refractivity contribution in [3.05, 3.63) is 29.3 Å². The number of ether oxygens (including phenoxy) is 1. The number of ketones is 1. The van der Waals surface area contributed by atoms with Crippen molar-refractivity contribution in [3.63, 3.8) is 0 Å². The molecule has 0 unspecified atom stereocenters. The molecule has 0 atom stereocenters. The number of hydrogen-bond donors (Lipinski definition) is 0. The maximum atomic E-state index is 11.6. The van der Waals surface area contributed by atoms with Crippen LogP contribution in [0.5, 0.6) is 5.75 Å². The van der Waals surface area contributed by atoms with Crippen LogP contribution in [-0.2, 0) is 11.3 Å². The van der Waals surface area contributed by atoms with Gasteiger partial charge in [-0.25, -0.2) is 0 Å². The summed E-state index contributed by atoms with van der Waals surface area (Å²) in [6.45, 7) is 7.64. The summed E-state index contributed by atoms with van der Waals surface area (Å²) in [4.78, 5) is 13.8. The summed E-state index contributed by atoms with van der Waals surface area (Å²) in [5.74, 6) is 1.22. The van der Waals surface area contributed by atoms with Crippen molar-refractivity contribution in [2.45, 2.75) is 39.3 Å². The second kappa shape index (κ2) is 4.73. The van der Waals surface area contributed by atoms with Gasteiger partial charge in [-0.3, -0.25) is 9.69 Å². The van der Waals surface area contributed by atoms with E-state index in [9.17, 15) is 4.79 Å². The average molecular weight is 247 g/mol. The molecule has 98 valence electrons. The summed E-state index contributed by atoms with van der Waals surface area (Å²) in [5.41, 5.74) is 2.32. The molecule has 2 rings (SSSR count). The molecular formula is C15H21NO2. The van der Waals surface area contributed by atoms with E-state index in [0.717, 1.165) is 17.9 Å². The first kappa shape index (κ1) is 13.1. The lowest BCUT2D eigenvalue weighted by Crippen LogP contribution is -2.37. The largest absolute Gasteiger partial charge is 0.496 e. The monoisotopic (exact) mass is 247 g/mol. The zero-order valence-electron chi connectivity index (χ0n) is 11.6. The Morgan fingerprint density at radius 1 is 1.39 bits per heavy atom. The van der Waals surface area contributed by atoms with E-state index in [1.807, 2.05) is 12.1 Å². The third-order valence-corrected chi connectivity index (χ3v) is 3.65. The van der Waals surface area contributed by atoms with Crippen LogP contribution < -0.4 is 4.74 Å². The van der Waals surface area contributed by atoms with E-state index in [4.69, 9.17) is 4.74 Å². The first-order valence-electron chi connectivity index (χ1n) is 6.32. The third-order valence-electron chi connectivity index (χ3n) is 3.65. The minimum Gasteiger partial charge on any atom is -0.496 e. The Hall–Kier alpha value is -1.35. The summed E-state index contributed by atoms with van der Waals surface area (Å²) < 4.78 is 5.39. The molecule has 0 spiro atoms. The number of carbonyl (C=O) groups excluding carboxylic acids is 1. The quantitative estimate of drug-likeness (QED) is 0.822. The number of nitrogens with zero attached hydrogens (tertiary/aromatic N) is 1. The van der Waals surface area contributed by atoms with Crippen LogP contribution in [0.15, 0.2) is 18.2 Å². The van der Waals surface area contributed by atoms with Crippen LogP contribution in [0.1, 0.15) is 31.4 Å². The van der Waals surface area contributed by atoms with Crippen LogP contribution in [0.3, 0.4) is 0 Å². The SMILES string of the molecule is COc1ccc(C)cc1CN1CC(=O)CC1(C)C. The van der Waals surface area contributed by atoms with Crippen molar-refractivity contribution in [1.82, 2.24) is 4.90 Å². The van der Waals surface area contributed by atoms with Crippen molar-refractivity contribution in [2.75, 3.05) is 13.7 Å². The van der Waals surface area contributed by atoms with Gasteiger partial charge in [0.2, 0.25) is 0 Å². The number of hydrogen-bond acceptors (Lipinski definition) is 3. The average Bonchev–Trinajstić information content (AvgIpc) is 2.52. The topological polar surface area (TPSA) is 29.5 Å². The van der Waals surface area contributed by atoms with Gasteiger partial charge in [-0.2, -0.15) is 0 Å². The lowest BCUT2D eigenvalue weighted by atomic mass is 10.0. The van der Waals surface area contributed by atoms with Crippen molar-refractivity contribution >= 4 is 5.78 Å². The van der Waals surface area contributed by atoms with Gasteiger partial charge < -0.3 is 4.74 Å². The molecule has 0 bridgehead atoms. The van der Waals surface area contributed by atoms with Gasteiger partial charge in [0, 0.05) is 24.1 Å². The first-order chi connectivity index (χ1) is 8.42. The molecule has 1 fully saturated rings. The number of rotatable bonds is 3. The van der Waals surface area contributed by atoms with Crippen LogP contribution in [0.25, 0.3) is 0 Å². The van der Waals surface area contributed by atoms with E-state index in [1.54, 1.807) is 7.11 Å². The van der Waals surface area contributed by atoms with E-state index >= 15 is 0 Å². The van der Waals surface area contributed by atoms with Gasteiger partial charge in [0.1, 0.15) is 11.5 Å². The van der Waals surface area contributed by atoms with Crippen LogP contribution >= 0.6 is 0 Å². The molecule has 0 aromatic heterocycles. The number of Topliss-reactive ketones (excluding diaryl/α,β-unsaturated/α-hetero) is 1. The second-order valence-corrected chi connectivity index (χ2v) is 5.70. The Kier molecular flexibility index (Phi) is 3.44.